The molecule has 0 amide bonds. The van der Waals surface area contributed by atoms with Gasteiger partial charge in [0.05, 0.1) is 0 Å². The maximum atomic E-state index is 13.5. The summed E-state index contributed by atoms with van der Waals surface area (Å²) in [6.07, 6.45) is 0. The third-order valence-corrected chi connectivity index (χ3v) is 3.91. The Balaban J connectivity index is 2.48. The lowest BCUT2D eigenvalue weighted by atomic mass is 10.3. The van der Waals surface area contributed by atoms with E-state index in [0.29, 0.717) is 0 Å². The van der Waals surface area contributed by atoms with E-state index in [1.165, 1.54) is 0 Å². The molecule has 0 saturated carbocycles. The monoisotopic (exact) mass is 357 g/mol. The highest BCUT2D eigenvalue weighted by molar-refractivity contribution is 7.92. The Morgan fingerprint density at radius 3 is 2.10 bits per heavy atom. The second-order valence-corrected chi connectivity index (χ2v) is 5.99. The number of aromatic nitrogens is 2. The molecule has 1 aromatic heterocycles. The second kappa shape index (κ2) is 5.66. The molecule has 21 heavy (non-hydrogen) atoms. The summed E-state index contributed by atoms with van der Waals surface area (Å²) in [4.78, 5) is 5.60. The van der Waals surface area contributed by atoms with E-state index in [0.717, 1.165) is 6.07 Å². The first-order chi connectivity index (χ1) is 9.69. The smallest absolute Gasteiger partial charge is 0.263 e. The van der Waals surface area contributed by atoms with Crippen molar-refractivity contribution in [3.63, 3.8) is 0 Å². The largest absolute Gasteiger partial charge is 0.268 e. The first-order valence-electron chi connectivity index (χ1n) is 5.06. The zero-order valence-electron chi connectivity index (χ0n) is 9.74. The molecule has 0 unspecified atom stereocenters. The molecule has 1 aromatic carbocycles. The molecular weight excluding hydrogens is 354 g/mol. The fourth-order valence-electron chi connectivity index (χ4n) is 1.42. The summed E-state index contributed by atoms with van der Waals surface area (Å²) in [6, 6.07) is 1.44. The van der Waals surface area contributed by atoms with Crippen molar-refractivity contribution in [1.29, 1.82) is 0 Å². The summed E-state index contributed by atoms with van der Waals surface area (Å²) >= 11 is 11.0. The van der Waals surface area contributed by atoms with Gasteiger partial charge >= 0.3 is 0 Å². The van der Waals surface area contributed by atoms with Crippen molar-refractivity contribution in [3.05, 3.63) is 46.1 Å². The molecular formula is C10H4Cl2F3N3O2S. The van der Waals surface area contributed by atoms with E-state index in [2.05, 4.69) is 9.97 Å². The number of halogens is 5. The molecule has 0 atom stereocenters. The maximum Gasteiger partial charge on any atom is 0.268 e. The highest BCUT2D eigenvalue weighted by Gasteiger charge is 2.26. The van der Waals surface area contributed by atoms with Gasteiger partial charge in [-0.3, -0.25) is 4.72 Å². The lowest BCUT2D eigenvalue weighted by Crippen LogP contribution is -2.17. The van der Waals surface area contributed by atoms with Crippen molar-refractivity contribution in [2.45, 2.75) is 4.90 Å². The molecule has 2 aromatic rings. The minimum atomic E-state index is -4.70. The Hall–Kier alpha value is -1.58. The summed E-state index contributed by atoms with van der Waals surface area (Å²) in [5.41, 5.74) is 0. The van der Waals surface area contributed by atoms with Crippen LogP contribution in [0.3, 0.4) is 0 Å². The van der Waals surface area contributed by atoms with Crippen molar-refractivity contribution >= 4 is 39.0 Å². The average molecular weight is 358 g/mol. The predicted octanol–water partition coefficient (Wildman–Crippen LogP) is 3.00. The van der Waals surface area contributed by atoms with E-state index in [4.69, 9.17) is 23.2 Å². The average Bonchev–Trinajstić information content (AvgIpc) is 2.23. The third-order valence-electron chi connectivity index (χ3n) is 2.14. The highest BCUT2D eigenvalue weighted by Crippen LogP contribution is 2.23. The molecule has 11 heteroatoms. The summed E-state index contributed by atoms with van der Waals surface area (Å²) < 4.78 is 65.3. The van der Waals surface area contributed by atoms with Crippen LogP contribution in [0.5, 0.6) is 0 Å². The first kappa shape index (κ1) is 15.8. The first-order valence-corrected chi connectivity index (χ1v) is 7.30. The zero-order chi connectivity index (χ0) is 15.8. The molecule has 0 aliphatic heterocycles. The van der Waals surface area contributed by atoms with Crippen molar-refractivity contribution < 1.29 is 21.6 Å². The Bertz CT molecular complexity index is 774. The molecule has 0 radical (unpaired) electrons. The van der Waals surface area contributed by atoms with Gasteiger partial charge in [-0.25, -0.2) is 26.6 Å². The molecule has 5 nitrogen and oxygen atoms in total. The quantitative estimate of drug-likeness (QED) is 0.676. The van der Waals surface area contributed by atoms with Crippen LogP contribution >= 0.6 is 23.2 Å². The van der Waals surface area contributed by atoms with Crippen LogP contribution in [0.2, 0.25) is 10.4 Å². The van der Waals surface area contributed by atoms with Gasteiger partial charge in [0.15, 0.2) is 4.90 Å². The molecule has 0 spiro atoms. The molecule has 0 bridgehead atoms. The van der Waals surface area contributed by atoms with Crippen LogP contribution in [0.4, 0.5) is 19.0 Å². The van der Waals surface area contributed by atoms with Crippen LogP contribution in [0.1, 0.15) is 0 Å². The van der Waals surface area contributed by atoms with E-state index in [1.807, 2.05) is 0 Å². The number of rotatable bonds is 3. The SMILES string of the molecule is O=S(=O)(Nc1cc(Cl)nc(Cl)n1)c1c(F)cc(F)cc1F. The van der Waals surface area contributed by atoms with Crippen LogP contribution in [0, 0.1) is 17.5 Å². The van der Waals surface area contributed by atoms with E-state index in [-0.39, 0.29) is 22.6 Å². The summed E-state index contributed by atoms with van der Waals surface area (Å²) in [5, 5.41) is -0.562. The van der Waals surface area contributed by atoms with Crippen molar-refractivity contribution in [3.8, 4) is 0 Å². The highest BCUT2D eigenvalue weighted by atomic mass is 35.5. The van der Waals surface area contributed by atoms with E-state index < -0.39 is 38.2 Å². The van der Waals surface area contributed by atoms with Crippen molar-refractivity contribution in [2.24, 2.45) is 0 Å². The Morgan fingerprint density at radius 1 is 1.00 bits per heavy atom. The number of hydrogen-bond acceptors (Lipinski definition) is 4. The molecule has 2 rings (SSSR count). The van der Waals surface area contributed by atoms with Gasteiger partial charge in [0.25, 0.3) is 10.0 Å². The van der Waals surface area contributed by atoms with Crippen LogP contribution in [-0.4, -0.2) is 18.4 Å². The van der Waals surface area contributed by atoms with Gasteiger partial charge in [0.1, 0.15) is 28.4 Å². The number of benzene rings is 1. The van der Waals surface area contributed by atoms with E-state index in [9.17, 15) is 21.6 Å². The normalized spacial score (nSPS) is 11.5. The lowest BCUT2D eigenvalue weighted by Gasteiger charge is -2.09. The van der Waals surface area contributed by atoms with E-state index >= 15 is 0 Å². The summed E-state index contributed by atoms with van der Waals surface area (Å²) in [5.74, 6) is -4.84. The number of hydrogen-bond donors (Lipinski definition) is 1. The molecule has 1 N–H and O–H groups in total. The van der Waals surface area contributed by atoms with Crippen LogP contribution in [-0.2, 0) is 10.0 Å². The maximum absolute atomic E-state index is 13.5. The van der Waals surface area contributed by atoms with Gasteiger partial charge < -0.3 is 0 Å². The zero-order valence-corrected chi connectivity index (χ0v) is 12.1. The van der Waals surface area contributed by atoms with E-state index in [1.54, 1.807) is 4.72 Å². The molecule has 112 valence electrons. The summed E-state index contributed by atoms with van der Waals surface area (Å²) in [6.45, 7) is 0. The third kappa shape index (κ3) is 3.55. The van der Waals surface area contributed by atoms with Gasteiger partial charge in [-0.2, -0.15) is 4.98 Å². The standard InChI is InChI=1S/C10H4Cl2F3N3O2S/c11-7-3-8(17-10(12)16-7)18-21(19,20)9-5(14)1-4(13)2-6(9)15/h1-3H,(H,16,17,18). The Morgan fingerprint density at radius 2 is 1.57 bits per heavy atom. The lowest BCUT2D eigenvalue weighted by molar-refractivity contribution is 0.498. The Labute approximate surface area is 126 Å². The molecule has 0 aliphatic carbocycles. The van der Waals surface area contributed by atoms with Gasteiger partial charge in [0, 0.05) is 18.2 Å². The molecule has 0 fully saturated rings. The molecule has 0 saturated heterocycles. The number of anilines is 1. The number of sulfonamides is 1. The Kier molecular flexibility index (Phi) is 4.26. The number of nitrogens with zero attached hydrogens (tertiary/aromatic N) is 2. The fourth-order valence-corrected chi connectivity index (χ4v) is 2.94. The topological polar surface area (TPSA) is 72.0 Å². The van der Waals surface area contributed by atoms with Crippen molar-refractivity contribution in [1.82, 2.24) is 9.97 Å². The van der Waals surface area contributed by atoms with Crippen LogP contribution in [0.15, 0.2) is 23.1 Å². The van der Waals surface area contributed by atoms with Crippen LogP contribution < -0.4 is 4.72 Å². The minimum Gasteiger partial charge on any atom is -0.263 e. The van der Waals surface area contributed by atoms with Crippen molar-refractivity contribution in [2.75, 3.05) is 4.72 Å². The van der Waals surface area contributed by atoms with Gasteiger partial charge in [0.2, 0.25) is 5.28 Å². The van der Waals surface area contributed by atoms with Gasteiger partial charge in [-0.05, 0) is 11.6 Å². The molecule has 0 aliphatic rings. The summed E-state index contributed by atoms with van der Waals surface area (Å²) in [7, 11) is -4.70. The molecule has 1 heterocycles. The van der Waals surface area contributed by atoms with Gasteiger partial charge in [-0.15, -0.1) is 0 Å². The van der Waals surface area contributed by atoms with Gasteiger partial charge in [-0.1, -0.05) is 11.6 Å². The van der Waals surface area contributed by atoms with Crippen LogP contribution in [0.25, 0.3) is 0 Å². The minimum absolute atomic E-state index is 0.187. The second-order valence-electron chi connectivity index (χ2n) is 3.65. The number of nitrogens with one attached hydrogen (secondary N) is 1. The fraction of sp³-hybridized carbons (Fsp3) is 0. The predicted molar refractivity (Wildman–Crippen MR) is 69.2 cm³/mol.